The quantitative estimate of drug-likeness (QED) is 0.482. The molecule has 1 amide bonds. The van der Waals surface area contributed by atoms with E-state index in [1.54, 1.807) is 23.1 Å². The van der Waals surface area contributed by atoms with E-state index in [0.717, 1.165) is 28.7 Å². The van der Waals surface area contributed by atoms with Gasteiger partial charge in [-0.25, -0.2) is 0 Å². The number of methoxy groups -OCH3 is 1. The Bertz CT molecular complexity index is 1060. The van der Waals surface area contributed by atoms with Gasteiger partial charge < -0.3 is 18.8 Å². The molecule has 0 aliphatic heterocycles. The highest BCUT2D eigenvalue weighted by molar-refractivity contribution is 5.83. The summed E-state index contributed by atoms with van der Waals surface area (Å²) >= 11 is 0. The zero-order valence-corrected chi connectivity index (χ0v) is 17.6. The Morgan fingerprint density at radius 1 is 1.20 bits per heavy atom. The molecule has 0 aliphatic carbocycles. The summed E-state index contributed by atoms with van der Waals surface area (Å²) in [6.07, 6.45) is 1.75. The number of rotatable bonds is 9. The van der Waals surface area contributed by atoms with Gasteiger partial charge >= 0.3 is 0 Å². The van der Waals surface area contributed by atoms with Crippen molar-refractivity contribution in [3.05, 3.63) is 59.4 Å². The predicted octanol–water partition coefficient (Wildman–Crippen LogP) is 4.69. The van der Waals surface area contributed by atoms with E-state index in [4.69, 9.17) is 19.2 Å². The summed E-state index contributed by atoms with van der Waals surface area (Å²) in [4.78, 5) is 14.3. The number of furan rings is 1. The van der Waals surface area contributed by atoms with Crippen LogP contribution in [0.25, 0.3) is 11.0 Å². The number of hydrogen-bond donors (Lipinski definition) is 0. The third-order valence-electron chi connectivity index (χ3n) is 5.01. The van der Waals surface area contributed by atoms with Gasteiger partial charge in [0.15, 0.2) is 11.5 Å². The lowest BCUT2D eigenvalue weighted by Gasteiger charge is -2.17. The second-order valence-electron chi connectivity index (χ2n) is 7.03. The van der Waals surface area contributed by atoms with Crippen molar-refractivity contribution >= 4 is 16.9 Å². The van der Waals surface area contributed by atoms with Crippen molar-refractivity contribution in [1.82, 2.24) is 4.90 Å². The predicted molar refractivity (Wildman–Crippen MR) is 115 cm³/mol. The summed E-state index contributed by atoms with van der Waals surface area (Å²) in [6.45, 7) is 2.96. The van der Waals surface area contributed by atoms with Gasteiger partial charge in [0.25, 0.3) is 0 Å². The van der Waals surface area contributed by atoms with Crippen LogP contribution in [0.5, 0.6) is 11.5 Å². The Kier molecular flexibility index (Phi) is 6.97. The minimum Gasteiger partial charge on any atom is -0.493 e. The lowest BCUT2D eigenvalue weighted by molar-refractivity contribution is -0.130. The molecule has 6 heteroatoms. The molecule has 3 rings (SSSR count). The van der Waals surface area contributed by atoms with E-state index in [-0.39, 0.29) is 5.91 Å². The van der Waals surface area contributed by atoms with Gasteiger partial charge in [0.1, 0.15) is 11.3 Å². The molecule has 0 saturated carbocycles. The van der Waals surface area contributed by atoms with Crippen LogP contribution < -0.4 is 9.47 Å². The molecule has 0 radical (unpaired) electrons. The van der Waals surface area contributed by atoms with Crippen LogP contribution in [0.3, 0.4) is 0 Å². The molecule has 156 valence electrons. The lowest BCUT2D eigenvalue weighted by atomic mass is 10.1. The largest absolute Gasteiger partial charge is 0.493 e. The lowest BCUT2D eigenvalue weighted by Crippen LogP contribution is -2.26. The number of nitriles is 1. The van der Waals surface area contributed by atoms with Gasteiger partial charge in [-0.15, -0.1) is 0 Å². The van der Waals surface area contributed by atoms with Crippen LogP contribution in [0.4, 0.5) is 0 Å². The van der Waals surface area contributed by atoms with Crippen molar-refractivity contribution < 1.29 is 18.7 Å². The molecule has 30 heavy (non-hydrogen) atoms. The van der Waals surface area contributed by atoms with E-state index in [9.17, 15) is 4.79 Å². The van der Waals surface area contributed by atoms with Crippen molar-refractivity contribution in [2.24, 2.45) is 0 Å². The van der Waals surface area contributed by atoms with Crippen molar-refractivity contribution in [3.8, 4) is 17.6 Å². The Hall–Kier alpha value is -3.46. The number of aryl methyl sites for hydroxylation is 1. The molecule has 0 bridgehead atoms. The molecule has 0 atom stereocenters. The van der Waals surface area contributed by atoms with Crippen molar-refractivity contribution in [3.63, 3.8) is 0 Å². The van der Waals surface area contributed by atoms with Gasteiger partial charge in [-0.3, -0.25) is 4.79 Å². The van der Waals surface area contributed by atoms with Crippen LogP contribution in [-0.2, 0) is 17.8 Å². The molecule has 2 aromatic carbocycles. The molecule has 0 aliphatic rings. The number of ether oxygens (including phenoxy) is 2. The molecule has 0 spiro atoms. The summed E-state index contributed by atoms with van der Waals surface area (Å²) < 4.78 is 16.9. The normalized spacial score (nSPS) is 10.6. The monoisotopic (exact) mass is 406 g/mol. The van der Waals surface area contributed by atoms with E-state index >= 15 is 0 Å². The Balaban J connectivity index is 1.54. The third kappa shape index (κ3) is 4.74. The number of benzene rings is 2. The first kappa shape index (κ1) is 21.3. The van der Waals surface area contributed by atoms with Gasteiger partial charge in [0.05, 0.1) is 25.3 Å². The zero-order valence-electron chi connectivity index (χ0n) is 17.6. The molecule has 0 saturated heterocycles. The SMILES string of the molecule is CCc1oc2ccccc2c1CN(C)C(=O)CCCOc1ccc(C#N)cc1OC. The molecule has 0 unspecified atom stereocenters. The van der Waals surface area contributed by atoms with E-state index in [2.05, 4.69) is 13.0 Å². The van der Waals surface area contributed by atoms with Gasteiger partial charge in [-0.05, 0) is 24.6 Å². The van der Waals surface area contributed by atoms with Crippen LogP contribution in [0.1, 0.15) is 36.7 Å². The first-order valence-electron chi connectivity index (χ1n) is 10.0. The van der Waals surface area contributed by atoms with Gasteiger partial charge in [-0.1, -0.05) is 25.1 Å². The molecule has 1 heterocycles. The number of amides is 1. The van der Waals surface area contributed by atoms with Crippen molar-refractivity contribution in [2.75, 3.05) is 20.8 Å². The Morgan fingerprint density at radius 2 is 2.00 bits per heavy atom. The van der Waals surface area contributed by atoms with E-state index in [1.807, 2.05) is 31.3 Å². The average Bonchev–Trinajstić information content (AvgIpc) is 3.14. The van der Waals surface area contributed by atoms with Crippen LogP contribution in [0.15, 0.2) is 46.9 Å². The fourth-order valence-corrected chi connectivity index (χ4v) is 3.39. The van der Waals surface area contributed by atoms with Crippen LogP contribution in [0.2, 0.25) is 0 Å². The summed E-state index contributed by atoms with van der Waals surface area (Å²) in [5.74, 6) is 2.05. The summed E-state index contributed by atoms with van der Waals surface area (Å²) in [7, 11) is 3.35. The number of fused-ring (bicyclic) bond motifs is 1. The number of carbonyl (C=O) groups is 1. The molecule has 1 aromatic heterocycles. The van der Waals surface area contributed by atoms with Crippen LogP contribution >= 0.6 is 0 Å². The number of nitrogens with zero attached hydrogens (tertiary/aromatic N) is 2. The Morgan fingerprint density at radius 3 is 2.73 bits per heavy atom. The standard InChI is InChI=1S/C24H26N2O4/c1-4-20-19(18-8-5-6-9-21(18)30-20)16-26(2)24(27)10-7-13-29-22-12-11-17(15-25)14-23(22)28-3/h5-6,8-9,11-12,14H,4,7,10,13,16H2,1-3H3. The van der Waals surface area contributed by atoms with Crippen LogP contribution in [0, 0.1) is 11.3 Å². The molecular formula is C24H26N2O4. The molecule has 0 fully saturated rings. The van der Waals surface area contributed by atoms with Crippen molar-refractivity contribution in [2.45, 2.75) is 32.7 Å². The number of hydrogen-bond acceptors (Lipinski definition) is 5. The minimum atomic E-state index is 0.0535. The van der Waals surface area contributed by atoms with E-state index in [1.165, 1.54) is 7.11 Å². The van der Waals surface area contributed by atoms with Gasteiger partial charge in [-0.2, -0.15) is 5.26 Å². The van der Waals surface area contributed by atoms with E-state index < -0.39 is 0 Å². The first-order chi connectivity index (χ1) is 14.6. The maximum Gasteiger partial charge on any atom is 0.222 e. The number of carbonyl (C=O) groups excluding carboxylic acids is 1. The fourth-order valence-electron chi connectivity index (χ4n) is 3.39. The topological polar surface area (TPSA) is 75.7 Å². The molecular weight excluding hydrogens is 380 g/mol. The van der Waals surface area contributed by atoms with Gasteiger partial charge in [0, 0.05) is 43.5 Å². The van der Waals surface area contributed by atoms with Gasteiger partial charge in [0.2, 0.25) is 5.91 Å². The second kappa shape index (κ2) is 9.84. The number of para-hydroxylation sites is 1. The first-order valence-corrected chi connectivity index (χ1v) is 10.0. The molecule has 3 aromatic rings. The summed E-state index contributed by atoms with van der Waals surface area (Å²) in [5.41, 5.74) is 2.44. The highest BCUT2D eigenvalue weighted by Crippen LogP contribution is 2.29. The summed E-state index contributed by atoms with van der Waals surface area (Å²) in [6, 6.07) is 15.0. The minimum absolute atomic E-state index is 0.0535. The van der Waals surface area contributed by atoms with Crippen molar-refractivity contribution in [1.29, 1.82) is 5.26 Å². The maximum atomic E-state index is 12.6. The highest BCUT2D eigenvalue weighted by atomic mass is 16.5. The second-order valence-corrected chi connectivity index (χ2v) is 7.03. The Labute approximate surface area is 176 Å². The highest BCUT2D eigenvalue weighted by Gasteiger charge is 2.17. The third-order valence-corrected chi connectivity index (χ3v) is 5.01. The smallest absolute Gasteiger partial charge is 0.222 e. The molecule has 6 nitrogen and oxygen atoms in total. The molecule has 0 N–H and O–H groups in total. The average molecular weight is 406 g/mol. The zero-order chi connectivity index (χ0) is 21.5. The van der Waals surface area contributed by atoms with Crippen LogP contribution in [-0.4, -0.2) is 31.6 Å². The fraction of sp³-hybridized carbons (Fsp3) is 0.333. The summed E-state index contributed by atoms with van der Waals surface area (Å²) in [5, 5.41) is 10.0. The van der Waals surface area contributed by atoms with E-state index in [0.29, 0.717) is 43.1 Å². The maximum absolute atomic E-state index is 12.6.